The number of rotatable bonds is 8. The molecule has 0 unspecified atom stereocenters. The van der Waals surface area contributed by atoms with Crippen LogP contribution in [0.5, 0.6) is 0 Å². The molecule has 2 N–H and O–H groups in total. The average Bonchev–Trinajstić information content (AvgIpc) is 2.87. The van der Waals surface area contributed by atoms with Crippen LogP contribution in [0, 0.1) is 49.4 Å². The number of benzene rings is 2. The number of carboxylic acid groups (broad SMARTS) is 2. The number of ether oxygens (including phenoxy) is 2. The van der Waals surface area contributed by atoms with E-state index in [4.69, 9.17) is 45.4 Å². The summed E-state index contributed by atoms with van der Waals surface area (Å²) in [7, 11) is 0. The van der Waals surface area contributed by atoms with E-state index < -0.39 is 23.9 Å². The van der Waals surface area contributed by atoms with Gasteiger partial charge in [0.15, 0.2) is 13.2 Å². The van der Waals surface area contributed by atoms with Gasteiger partial charge in [0.25, 0.3) is 0 Å². The first-order valence-electron chi connectivity index (χ1n) is 10.0. The van der Waals surface area contributed by atoms with Crippen molar-refractivity contribution < 1.29 is 38.9 Å². The van der Waals surface area contributed by atoms with Crippen LogP contribution in [0.15, 0.2) is 36.4 Å². The van der Waals surface area contributed by atoms with Crippen LogP contribution < -0.4 is 0 Å². The average molecular weight is 484 g/mol. The summed E-state index contributed by atoms with van der Waals surface area (Å²) in [4.78, 5) is 44.9. The van der Waals surface area contributed by atoms with Crippen molar-refractivity contribution in [1.82, 2.24) is 0 Å². The highest BCUT2D eigenvalue weighted by Gasteiger charge is 2.19. The molecule has 0 atom stereocenters. The molecule has 0 saturated heterocycles. The zero-order valence-electron chi connectivity index (χ0n) is 18.9. The fraction of sp³-hybridized carbons (Fsp3) is 0.143. The Morgan fingerprint density at radius 3 is 1.19 bits per heavy atom. The van der Waals surface area contributed by atoms with Crippen molar-refractivity contribution in [3.8, 4) is 49.4 Å². The lowest BCUT2D eigenvalue weighted by Crippen LogP contribution is -2.11. The van der Waals surface area contributed by atoms with Crippen LogP contribution in [0.4, 0.5) is 0 Å². The number of hydrogen-bond acceptors (Lipinski definition) is 6. The maximum absolute atomic E-state index is 11.4. The molecule has 0 heterocycles. The second kappa shape index (κ2) is 14.7. The number of aromatic carboxylic acids is 2. The zero-order valence-corrected chi connectivity index (χ0v) is 18.9. The summed E-state index contributed by atoms with van der Waals surface area (Å²) in [6, 6.07) is 8.27. The molecule has 8 nitrogen and oxygen atoms in total. The molecule has 0 aromatic heterocycles. The standard InChI is InChI=1S/2C14H10O4/c1-3-9-17-13(15)11-5-7-12(8-6-11)14(16)18-10-4-2;1-3-5-9-10(6-4-2)12(14(17)18)8-7-11(9)13(15)16/h1-2,5-8H,9-10H2;1-2,7-8H,5-6H2,(H,15,16)(H,17,18). The summed E-state index contributed by atoms with van der Waals surface area (Å²) in [5.41, 5.74) is 1.18. The van der Waals surface area contributed by atoms with Crippen molar-refractivity contribution in [3.05, 3.63) is 69.8 Å². The third-order valence-corrected chi connectivity index (χ3v) is 4.38. The quantitative estimate of drug-likeness (QED) is 0.433. The summed E-state index contributed by atoms with van der Waals surface area (Å²) in [6.45, 7) is -0.185. The van der Waals surface area contributed by atoms with Gasteiger partial charge < -0.3 is 19.7 Å². The molecule has 0 spiro atoms. The summed E-state index contributed by atoms with van der Waals surface area (Å²) < 4.78 is 9.45. The molecule has 0 aliphatic carbocycles. The Labute approximate surface area is 208 Å². The van der Waals surface area contributed by atoms with E-state index in [0.717, 1.165) is 0 Å². The lowest BCUT2D eigenvalue weighted by atomic mass is 9.92. The van der Waals surface area contributed by atoms with Crippen molar-refractivity contribution in [2.45, 2.75) is 12.8 Å². The lowest BCUT2D eigenvalue weighted by molar-refractivity contribution is 0.0542. The minimum Gasteiger partial charge on any atom is -0.478 e. The normalized spacial score (nSPS) is 9.00. The molecule has 180 valence electrons. The van der Waals surface area contributed by atoms with E-state index in [1.807, 2.05) is 0 Å². The van der Waals surface area contributed by atoms with Crippen molar-refractivity contribution in [2.75, 3.05) is 13.2 Å². The Bertz CT molecular complexity index is 1200. The monoisotopic (exact) mass is 484 g/mol. The maximum atomic E-state index is 11.4. The van der Waals surface area contributed by atoms with Crippen LogP contribution in [-0.2, 0) is 22.3 Å². The molecule has 2 aromatic carbocycles. The van der Waals surface area contributed by atoms with Gasteiger partial charge in [-0.05, 0) is 47.5 Å². The molecule has 2 rings (SSSR count). The number of hydrogen-bond donors (Lipinski definition) is 2. The van der Waals surface area contributed by atoms with Crippen LogP contribution in [0.3, 0.4) is 0 Å². The summed E-state index contributed by atoms with van der Waals surface area (Å²) >= 11 is 0. The van der Waals surface area contributed by atoms with E-state index in [-0.39, 0.29) is 37.2 Å². The Morgan fingerprint density at radius 1 is 0.611 bits per heavy atom. The minimum absolute atomic E-state index is 0.0109. The van der Waals surface area contributed by atoms with E-state index in [2.05, 4.69) is 23.7 Å². The lowest BCUT2D eigenvalue weighted by Gasteiger charge is -2.11. The summed E-state index contributed by atoms with van der Waals surface area (Å²) in [6.07, 6.45) is 20.3. The predicted octanol–water partition coefficient (Wildman–Crippen LogP) is 2.70. The highest BCUT2D eigenvalue weighted by Crippen LogP contribution is 2.21. The van der Waals surface area contributed by atoms with Gasteiger partial charge in [-0.15, -0.1) is 37.5 Å². The second-order valence-corrected chi connectivity index (χ2v) is 6.63. The van der Waals surface area contributed by atoms with Crippen LogP contribution in [0.25, 0.3) is 0 Å². The fourth-order valence-electron chi connectivity index (χ4n) is 2.83. The van der Waals surface area contributed by atoms with Gasteiger partial charge in [0, 0.05) is 12.8 Å². The van der Waals surface area contributed by atoms with Gasteiger partial charge in [-0.2, -0.15) is 0 Å². The summed E-state index contributed by atoms with van der Waals surface area (Å²) in [5.74, 6) is 5.61. The topological polar surface area (TPSA) is 127 Å². The number of carbonyl (C=O) groups is 4. The SMILES string of the molecule is C#CCOC(=O)c1ccc(C(=O)OCC#C)cc1.C#CCc1c(C(=O)O)ccc(C(=O)O)c1CC#C. The van der Waals surface area contributed by atoms with Crippen molar-refractivity contribution in [1.29, 1.82) is 0 Å². The molecule has 8 heteroatoms. The Hall–Kier alpha value is -5.44. The Balaban J connectivity index is 0.000000360. The predicted molar refractivity (Wildman–Crippen MR) is 130 cm³/mol. The van der Waals surface area contributed by atoms with E-state index in [1.165, 1.54) is 36.4 Å². The van der Waals surface area contributed by atoms with E-state index in [1.54, 1.807) is 0 Å². The van der Waals surface area contributed by atoms with Gasteiger partial charge in [0.2, 0.25) is 0 Å². The van der Waals surface area contributed by atoms with E-state index in [9.17, 15) is 19.2 Å². The Kier molecular flexibility index (Phi) is 11.6. The number of esters is 2. The van der Waals surface area contributed by atoms with Crippen LogP contribution in [0.1, 0.15) is 52.6 Å². The van der Waals surface area contributed by atoms with E-state index in [0.29, 0.717) is 22.3 Å². The molecule has 0 saturated carbocycles. The van der Waals surface area contributed by atoms with Crippen LogP contribution in [-0.4, -0.2) is 47.3 Å². The molecule has 0 fully saturated rings. The van der Waals surface area contributed by atoms with Gasteiger partial charge in [0.05, 0.1) is 22.3 Å². The summed E-state index contributed by atoms with van der Waals surface area (Å²) in [5, 5.41) is 18.1. The fourth-order valence-corrected chi connectivity index (χ4v) is 2.83. The zero-order chi connectivity index (χ0) is 27.1. The van der Waals surface area contributed by atoms with Crippen molar-refractivity contribution in [3.63, 3.8) is 0 Å². The third kappa shape index (κ3) is 8.16. The largest absolute Gasteiger partial charge is 0.478 e. The first-order chi connectivity index (χ1) is 17.2. The molecule has 36 heavy (non-hydrogen) atoms. The van der Waals surface area contributed by atoms with Gasteiger partial charge in [-0.25, -0.2) is 19.2 Å². The molecule has 0 bridgehead atoms. The number of terminal acetylenes is 4. The maximum Gasteiger partial charge on any atom is 0.339 e. The number of carboxylic acids is 2. The smallest absolute Gasteiger partial charge is 0.339 e. The molecule has 2 aromatic rings. The highest BCUT2D eigenvalue weighted by atomic mass is 16.5. The van der Waals surface area contributed by atoms with Gasteiger partial charge in [0.1, 0.15) is 0 Å². The van der Waals surface area contributed by atoms with Gasteiger partial charge in [-0.3, -0.25) is 0 Å². The molecule has 0 aliphatic heterocycles. The minimum atomic E-state index is -1.16. The molecule has 0 aliphatic rings. The van der Waals surface area contributed by atoms with Crippen LogP contribution >= 0.6 is 0 Å². The van der Waals surface area contributed by atoms with Crippen molar-refractivity contribution in [2.24, 2.45) is 0 Å². The van der Waals surface area contributed by atoms with Gasteiger partial charge >= 0.3 is 23.9 Å². The Morgan fingerprint density at radius 2 is 0.944 bits per heavy atom. The van der Waals surface area contributed by atoms with Crippen LogP contribution in [0.2, 0.25) is 0 Å². The molecule has 0 radical (unpaired) electrons. The van der Waals surface area contributed by atoms with Gasteiger partial charge in [-0.1, -0.05) is 11.8 Å². The number of carbonyl (C=O) groups excluding carboxylic acids is 2. The first-order valence-corrected chi connectivity index (χ1v) is 10.0. The van der Waals surface area contributed by atoms with E-state index >= 15 is 0 Å². The van der Waals surface area contributed by atoms with Crippen molar-refractivity contribution >= 4 is 23.9 Å². The molecular formula is C28H20O8. The second-order valence-electron chi connectivity index (χ2n) is 6.63. The first kappa shape index (κ1) is 28.6. The highest BCUT2D eigenvalue weighted by molar-refractivity contribution is 5.95. The third-order valence-electron chi connectivity index (χ3n) is 4.38. The molecule has 0 amide bonds. The molecular weight excluding hydrogens is 464 g/mol.